The lowest BCUT2D eigenvalue weighted by atomic mass is 10.1. The molecular weight excluding hydrogens is 277 g/mol. The van der Waals surface area contributed by atoms with Crippen LogP contribution in [0, 0.1) is 5.82 Å². The van der Waals surface area contributed by atoms with Gasteiger partial charge in [0, 0.05) is 12.6 Å². The number of ether oxygens (including phenoxy) is 1. The molecule has 0 saturated carbocycles. The Morgan fingerprint density at radius 2 is 2.05 bits per heavy atom. The molecule has 2 nitrogen and oxygen atoms in total. The number of hydrogen-bond donors (Lipinski definition) is 1. The van der Waals surface area contributed by atoms with Crippen LogP contribution in [0.1, 0.15) is 24.1 Å². The molecule has 0 fully saturated rings. The quantitative estimate of drug-likeness (QED) is 0.885. The van der Waals surface area contributed by atoms with Crippen LogP contribution >= 0.6 is 11.6 Å². The predicted molar refractivity (Wildman–Crippen MR) is 79.7 cm³/mol. The van der Waals surface area contributed by atoms with Crippen molar-refractivity contribution in [3.05, 3.63) is 64.4 Å². The maximum absolute atomic E-state index is 13.3. The molecule has 0 aromatic heterocycles. The molecule has 0 aliphatic rings. The minimum atomic E-state index is -0.389. The van der Waals surface area contributed by atoms with Gasteiger partial charge in [-0.1, -0.05) is 29.8 Å². The maximum atomic E-state index is 13.3. The van der Waals surface area contributed by atoms with Crippen molar-refractivity contribution in [3.63, 3.8) is 0 Å². The third kappa shape index (κ3) is 3.71. The summed E-state index contributed by atoms with van der Waals surface area (Å²) in [7, 11) is 1.65. The first kappa shape index (κ1) is 14.8. The normalized spacial score (nSPS) is 12.2. The number of benzene rings is 2. The minimum Gasteiger partial charge on any atom is -0.497 e. The molecular formula is C16H17ClFNO. The Hall–Kier alpha value is -1.58. The van der Waals surface area contributed by atoms with Gasteiger partial charge in [0.25, 0.3) is 0 Å². The summed E-state index contributed by atoms with van der Waals surface area (Å²) in [5.41, 5.74) is 1.99. The van der Waals surface area contributed by atoms with Gasteiger partial charge in [-0.15, -0.1) is 0 Å². The van der Waals surface area contributed by atoms with Crippen LogP contribution in [-0.2, 0) is 6.54 Å². The fourth-order valence-electron chi connectivity index (χ4n) is 1.95. The van der Waals surface area contributed by atoms with Gasteiger partial charge in [-0.05, 0) is 42.3 Å². The Balaban J connectivity index is 2.00. The highest BCUT2D eigenvalue weighted by atomic mass is 35.5. The topological polar surface area (TPSA) is 21.3 Å². The highest BCUT2D eigenvalue weighted by Crippen LogP contribution is 2.20. The van der Waals surface area contributed by atoms with E-state index >= 15 is 0 Å². The second kappa shape index (κ2) is 6.73. The molecule has 0 spiro atoms. The summed E-state index contributed by atoms with van der Waals surface area (Å²) in [4.78, 5) is 0. The first-order valence-corrected chi connectivity index (χ1v) is 6.79. The molecule has 2 rings (SSSR count). The zero-order chi connectivity index (χ0) is 14.5. The van der Waals surface area contributed by atoms with Crippen LogP contribution in [0.5, 0.6) is 5.75 Å². The molecule has 0 aliphatic heterocycles. The standard InChI is InChI=1S/C16H17ClFNO/c1-11(13-4-3-5-14(9-13)20-2)19-10-12-6-7-15(17)16(18)8-12/h3-9,11,19H,10H2,1-2H3. The predicted octanol–water partition coefficient (Wildman–Crippen LogP) is 4.34. The summed E-state index contributed by atoms with van der Waals surface area (Å²) in [5, 5.41) is 3.50. The van der Waals surface area contributed by atoms with Crippen molar-refractivity contribution >= 4 is 11.6 Å². The summed E-state index contributed by atoms with van der Waals surface area (Å²) in [5.74, 6) is 0.439. The van der Waals surface area contributed by atoms with Crippen LogP contribution in [0.4, 0.5) is 4.39 Å². The molecule has 2 aromatic carbocycles. The second-order valence-corrected chi connectivity index (χ2v) is 5.03. The van der Waals surface area contributed by atoms with Crippen molar-refractivity contribution < 1.29 is 9.13 Å². The van der Waals surface area contributed by atoms with Gasteiger partial charge in [0.1, 0.15) is 11.6 Å². The van der Waals surface area contributed by atoms with Crippen molar-refractivity contribution in [2.75, 3.05) is 7.11 Å². The van der Waals surface area contributed by atoms with Crippen molar-refractivity contribution in [2.45, 2.75) is 19.5 Å². The molecule has 0 radical (unpaired) electrons. The Kier molecular flexibility index (Phi) is 4.99. The van der Waals surface area contributed by atoms with Crippen molar-refractivity contribution in [1.82, 2.24) is 5.32 Å². The van der Waals surface area contributed by atoms with Crippen LogP contribution in [0.25, 0.3) is 0 Å². The van der Waals surface area contributed by atoms with Gasteiger partial charge in [0.05, 0.1) is 12.1 Å². The van der Waals surface area contributed by atoms with E-state index in [1.54, 1.807) is 13.2 Å². The van der Waals surface area contributed by atoms with E-state index in [4.69, 9.17) is 16.3 Å². The lowest BCUT2D eigenvalue weighted by Crippen LogP contribution is -2.18. The van der Waals surface area contributed by atoms with Crippen LogP contribution < -0.4 is 10.1 Å². The number of halogens is 2. The van der Waals surface area contributed by atoms with Crippen LogP contribution in [0.3, 0.4) is 0 Å². The summed E-state index contributed by atoms with van der Waals surface area (Å²) >= 11 is 5.66. The van der Waals surface area contributed by atoms with Gasteiger partial charge in [0.2, 0.25) is 0 Å². The smallest absolute Gasteiger partial charge is 0.142 e. The van der Waals surface area contributed by atoms with Crippen molar-refractivity contribution in [1.29, 1.82) is 0 Å². The van der Waals surface area contributed by atoms with Crippen LogP contribution in [-0.4, -0.2) is 7.11 Å². The average Bonchev–Trinajstić information content (AvgIpc) is 2.48. The van der Waals surface area contributed by atoms with E-state index in [0.717, 1.165) is 16.9 Å². The molecule has 0 saturated heterocycles. The summed E-state index contributed by atoms with van der Waals surface area (Å²) in [6.45, 7) is 2.63. The van der Waals surface area contributed by atoms with Gasteiger partial charge < -0.3 is 10.1 Å². The Morgan fingerprint density at radius 1 is 1.25 bits per heavy atom. The first-order chi connectivity index (χ1) is 9.60. The SMILES string of the molecule is COc1cccc(C(C)NCc2ccc(Cl)c(F)c2)c1. The third-order valence-corrected chi connectivity index (χ3v) is 3.50. The molecule has 2 aromatic rings. The molecule has 106 valence electrons. The first-order valence-electron chi connectivity index (χ1n) is 6.41. The molecule has 1 N–H and O–H groups in total. The van der Waals surface area contributed by atoms with E-state index in [0.29, 0.717) is 6.54 Å². The molecule has 1 atom stereocenters. The maximum Gasteiger partial charge on any atom is 0.142 e. The van der Waals surface area contributed by atoms with E-state index in [1.165, 1.54) is 6.07 Å². The van der Waals surface area contributed by atoms with E-state index in [1.807, 2.05) is 30.3 Å². The number of rotatable bonds is 5. The molecule has 4 heteroatoms. The third-order valence-electron chi connectivity index (χ3n) is 3.19. The molecule has 0 heterocycles. The average molecular weight is 294 g/mol. The van der Waals surface area contributed by atoms with Crippen LogP contribution in [0.15, 0.2) is 42.5 Å². The van der Waals surface area contributed by atoms with Gasteiger partial charge in [-0.2, -0.15) is 0 Å². The zero-order valence-corrected chi connectivity index (χ0v) is 12.2. The fourth-order valence-corrected chi connectivity index (χ4v) is 2.07. The Labute approximate surface area is 123 Å². The van der Waals surface area contributed by atoms with Gasteiger partial charge in [-0.3, -0.25) is 0 Å². The van der Waals surface area contributed by atoms with Crippen LogP contribution in [0.2, 0.25) is 5.02 Å². The molecule has 0 bridgehead atoms. The minimum absolute atomic E-state index is 0.142. The van der Waals surface area contributed by atoms with E-state index < -0.39 is 0 Å². The second-order valence-electron chi connectivity index (χ2n) is 4.63. The van der Waals surface area contributed by atoms with Gasteiger partial charge >= 0.3 is 0 Å². The molecule has 0 aliphatic carbocycles. The monoisotopic (exact) mass is 293 g/mol. The summed E-state index contributed by atoms with van der Waals surface area (Å²) in [6, 6.07) is 12.9. The Bertz CT molecular complexity index is 588. The number of methoxy groups -OCH3 is 1. The fraction of sp³-hybridized carbons (Fsp3) is 0.250. The van der Waals surface area contributed by atoms with E-state index in [-0.39, 0.29) is 16.9 Å². The molecule has 20 heavy (non-hydrogen) atoms. The van der Waals surface area contributed by atoms with Crippen molar-refractivity contribution in [2.24, 2.45) is 0 Å². The Morgan fingerprint density at radius 3 is 2.75 bits per heavy atom. The summed E-state index contributed by atoms with van der Waals surface area (Å²) in [6.07, 6.45) is 0. The van der Waals surface area contributed by atoms with E-state index in [2.05, 4.69) is 12.2 Å². The lowest BCUT2D eigenvalue weighted by Gasteiger charge is -2.15. The highest BCUT2D eigenvalue weighted by Gasteiger charge is 2.07. The highest BCUT2D eigenvalue weighted by molar-refractivity contribution is 6.30. The van der Waals surface area contributed by atoms with Gasteiger partial charge in [-0.25, -0.2) is 4.39 Å². The molecule has 0 amide bonds. The lowest BCUT2D eigenvalue weighted by molar-refractivity contribution is 0.413. The number of hydrogen-bond acceptors (Lipinski definition) is 2. The zero-order valence-electron chi connectivity index (χ0n) is 11.5. The largest absolute Gasteiger partial charge is 0.497 e. The molecule has 1 unspecified atom stereocenters. The van der Waals surface area contributed by atoms with Crippen molar-refractivity contribution in [3.8, 4) is 5.75 Å². The number of nitrogens with one attached hydrogen (secondary N) is 1. The summed E-state index contributed by atoms with van der Waals surface area (Å²) < 4.78 is 18.6. The van der Waals surface area contributed by atoms with Gasteiger partial charge in [0.15, 0.2) is 0 Å². The van der Waals surface area contributed by atoms with E-state index in [9.17, 15) is 4.39 Å².